The van der Waals surface area contributed by atoms with Gasteiger partial charge in [-0.15, -0.1) is 0 Å². The second-order valence-electron chi connectivity index (χ2n) is 6.20. The lowest BCUT2D eigenvalue weighted by Gasteiger charge is -2.24. The number of rotatable bonds is 7. The number of hydrogen-bond acceptors (Lipinski definition) is 2. The average molecular weight is 424 g/mol. The molecule has 3 rings (SSSR count). The minimum atomic E-state index is -0.555. The summed E-state index contributed by atoms with van der Waals surface area (Å²) in [5, 5.41) is 3.17. The third-order valence-corrected chi connectivity index (χ3v) is 5.04. The maximum Gasteiger partial charge on any atom is 0.261 e. The zero-order valence-electron chi connectivity index (χ0n) is 15.1. The fraction of sp³-hybridized carbons (Fsp3) is 0.174. The Bertz CT molecular complexity index is 868. The molecule has 4 heteroatoms. The maximum absolute atomic E-state index is 13.0. The highest BCUT2D eigenvalue weighted by Crippen LogP contribution is 2.29. The highest BCUT2D eigenvalue weighted by atomic mass is 79.9. The summed E-state index contributed by atoms with van der Waals surface area (Å²) < 4.78 is 6.86. The van der Waals surface area contributed by atoms with Crippen LogP contribution in [-0.4, -0.2) is 12.0 Å². The molecule has 0 saturated carbocycles. The van der Waals surface area contributed by atoms with Crippen molar-refractivity contribution in [1.29, 1.82) is 0 Å². The smallest absolute Gasteiger partial charge is 0.261 e. The molecule has 27 heavy (non-hydrogen) atoms. The first-order valence-corrected chi connectivity index (χ1v) is 9.79. The number of carbonyl (C=O) groups is 1. The molecule has 0 unspecified atom stereocenters. The van der Waals surface area contributed by atoms with E-state index in [1.807, 2.05) is 91.9 Å². The van der Waals surface area contributed by atoms with Gasteiger partial charge in [-0.1, -0.05) is 89.6 Å². The van der Waals surface area contributed by atoms with Gasteiger partial charge in [-0.05, 0) is 35.7 Å². The molecule has 3 nitrogen and oxygen atoms in total. The van der Waals surface area contributed by atoms with Crippen LogP contribution in [0.15, 0.2) is 89.4 Å². The molecule has 0 spiro atoms. The van der Waals surface area contributed by atoms with Crippen LogP contribution in [-0.2, 0) is 4.79 Å². The Morgan fingerprint density at radius 2 is 1.52 bits per heavy atom. The van der Waals surface area contributed by atoms with Gasteiger partial charge in [0.25, 0.3) is 5.91 Å². The van der Waals surface area contributed by atoms with Crippen LogP contribution in [0.1, 0.15) is 30.5 Å². The first kappa shape index (κ1) is 19.2. The Labute approximate surface area is 168 Å². The number of benzene rings is 3. The predicted molar refractivity (Wildman–Crippen MR) is 112 cm³/mol. The second-order valence-corrected chi connectivity index (χ2v) is 7.06. The third kappa shape index (κ3) is 4.98. The quantitative estimate of drug-likeness (QED) is 0.543. The Hall–Kier alpha value is -2.59. The van der Waals surface area contributed by atoms with Crippen LogP contribution in [0.2, 0.25) is 0 Å². The van der Waals surface area contributed by atoms with Gasteiger partial charge in [0.05, 0.1) is 6.04 Å². The highest BCUT2D eigenvalue weighted by Gasteiger charge is 2.24. The molecule has 0 heterocycles. The van der Waals surface area contributed by atoms with Gasteiger partial charge < -0.3 is 10.1 Å². The lowest BCUT2D eigenvalue weighted by atomic mass is 9.98. The van der Waals surface area contributed by atoms with Crippen molar-refractivity contribution >= 4 is 21.8 Å². The molecule has 0 fully saturated rings. The summed E-state index contributed by atoms with van der Waals surface area (Å²) >= 11 is 3.61. The zero-order chi connectivity index (χ0) is 19.1. The third-order valence-electron chi connectivity index (χ3n) is 4.32. The summed E-state index contributed by atoms with van der Waals surface area (Å²) in [4.78, 5) is 13.0. The van der Waals surface area contributed by atoms with E-state index < -0.39 is 6.10 Å². The largest absolute Gasteiger partial charge is 0.481 e. The molecule has 1 N–H and O–H groups in total. The summed E-state index contributed by atoms with van der Waals surface area (Å²) in [6.07, 6.45) is 0.0270. The molecule has 0 aliphatic carbocycles. The summed E-state index contributed by atoms with van der Waals surface area (Å²) in [7, 11) is 0. The Morgan fingerprint density at radius 3 is 2.15 bits per heavy atom. The van der Waals surface area contributed by atoms with E-state index in [2.05, 4.69) is 21.2 Å². The van der Waals surface area contributed by atoms with Crippen molar-refractivity contribution in [3.05, 3.63) is 101 Å². The van der Waals surface area contributed by atoms with Crippen molar-refractivity contribution < 1.29 is 9.53 Å². The molecule has 2 atom stereocenters. The van der Waals surface area contributed by atoms with Gasteiger partial charge in [0.2, 0.25) is 0 Å². The zero-order valence-corrected chi connectivity index (χ0v) is 16.7. The van der Waals surface area contributed by atoms with E-state index in [1.54, 1.807) is 0 Å². The van der Waals surface area contributed by atoms with Crippen molar-refractivity contribution in [2.45, 2.75) is 25.5 Å². The monoisotopic (exact) mass is 423 g/mol. The van der Waals surface area contributed by atoms with Gasteiger partial charge in [-0.2, -0.15) is 0 Å². The van der Waals surface area contributed by atoms with Crippen LogP contribution >= 0.6 is 15.9 Å². The number of carbonyl (C=O) groups excluding carboxylic acids is 1. The van der Waals surface area contributed by atoms with Crippen molar-refractivity contribution in [2.24, 2.45) is 0 Å². The van der Waals surface area contributed by atoms with Crippen LogP contribution in [0, 0.1) is 0 Å². The van der Waals surface area contributed by atoms with Crippen LogP contribution in [0.5, 0.6) is 5.75 Å². The van der Waals surface area contributed by atoms with E-state index in [0.717, 1.165) is 15.6 Å². The second kappa shape index (κ2) is 9.38. The molecule has 1 amide bonds. The number of ether oxygens (including phenoxy) is 1. The van der Waals surface area contributed by atoms with Gasteiger partial charge in [0.1, 0.15) is 5.75 Å². The lowest BCUT2D eigenvalue weighted by molar-refractivity contribution is -0.128. The number of halogens is 1. The summed E-state index contributed by atoms with van der Waals surface area (Å²) in [6.45, 7) is 1.95. The molecule has 3 aromatic carbocycles. The van der Waals surface area contributed by atoms with Crippen LogP contribution < -0.4 is 10.1 Å². The van der Waals surface area contributed by atoms with Gasteiger partial charge in [-0.25, -0.2) is 0 Å². The van der Waals surface area contributed by atoms with Crippen molar-refractivity contribution in [2.75, 3.05) is 0 Å². The Balaban J connectivity index is 1.85. The fourth-order valence-corrected chi connectivity index (χ4v) is 3.43. The van der Waals surface area contributed by atoms with E-state index in [9.17, 15) is 4.79 Å². The standard InChI is InChI=1S/C23H22BrNO2/c1-2-21(27-18-13-7-4-8-14-18)23(26)25-22(17-11-5-3-6-12-17)19-15-9-10-16-20(19)24/h3-16,21-22H,2H2,1H3,(H,25,26)/t21-,22+/m0/s1. The Kier molecular flexibility index (Phi) is 6.66. The van der Waals surface area contributed by atoms with E-state index in [-0.39, 0.29) is 11.9 Å². The predicted octanol–water partition coefficient (Wildman–Crippen LogP) is 5.51. The van der Waals surface area contributed by atoms with E-state index in [4.69, 9.17) is 4.74 Å². The first-order chi connectivity index (χ1) is 13.2. The first-order valence-electron chi connectivity index (χ1n) is 9.00. The van der Waals surface area contributed by atoms with E-state index in [1.165, 1.54) is 0 Å². The van der Waals surface area contributed by atoms with Crippen LogP contribution in [0.3, 0.4) is 0 Å². The van der Waals surface area contributed by atoms with Crippen molar-refractivity contribution in [1.82, 2.24) is 5.32 Å². The number of amides is 1. The molecule has 3 aromatic rings. The van der Waals surface area contributed by atoms with Crippen LogP contribution in [0.25, 0.3) is 0 Å². The maximum atomic E-state index is 13.0. The van der Waals surface area contributed by atoms with E-state index in [0.29, 0.717) is 12.2 Å². The molecule has 0 saturated heterocycles. The highest BCUT2D eigenvalue weighted by molar-refractivity contribution is 9.10. The summed E-state index contributed by atoms with van der Waals surface area (Å²) in [5.41, 5.74) is 2.03. The molecule has 0 aromatic heterocycles. The van der Waals surface area contributed by atoms with E-state index >= 15 is 0 Å². The number of nitrogens with one attached hydrogen (secondary N) is 1. The SMILES string of the molecule is CC[C@H](Oc1ccccc1)C(=O)N[C@H](c1ccccc1)c1ccccc1Br. The van der Waals surface area contributed by atoms with Crippen molar-refractivity contribution in [3.63, 3.8) is 0 Å². The normalized spacial score (nSPS) is 12.8. The van der Waals surface area contributed by atoms with Gasteiger partial charge >= 0.3 is 0 Å². The fourth-order valence-electron chi connectivity index (χ4n) is 2.92. The van der Waals surface area contributed by atoms with Gasteiger partial charge in [0.15, 0.2) is 6.10 Å². The molecule has 0 aliphatic rings. The minimum Gasteiger partial charge on any atom is -0.481 e. The Morgan fingerprint density at radius 1 is 0.926 bits per heavy atom. The van der Waals surface area contributed by atoms with Crippen LogP contribution in [0.4, 0.5) is 0 Å². The average Bonchev–Trinajstić information content (AvgIpc) is 2.72. The molecule has 0 bridgehead atoms. The molecular weight excluding hydrogens is 402 g/mol. The molecule has 138 valence electrons. The van der Waals surface area contributed by atoms with Crippen molar-refractivity contribution in [3.8, 4) is 5.75 Å². The number of para-hydroxylation sites is 1. The van der Waals surface area contributed by atoms with Gasteiger partial charge in [0, 0.05) is 4.47 Å². The molecule has 0 aliphatic heterocycles. The number of hydrogen-bond donors (Lipinski definition) is 1. The molecular formula is C23H22BrNO2. The molecule has 0 radical (unpaired) electrons. The lowest BCUT2D eigenvalue weighted by Crippen LogP contribution is -2.40. The summed E-state index contributed by atoms with van der Waals surface area (Å²) in [6, 6.07) is 27.1. The summed E-state index contributed by atoms with van der Waals surface area (Å²) in [5.74, 6) is 0.558. The topological polar surface area (TPSA) is 38.3 Å². The van der Waals surface area contributed by atoms with Gasteiger partial charge in [-0.3, -0.25) is 4.79 Å². The minimum absolute atomic E-state index is 0.133.